The largest absolute Gasteiger partial charge is 0.453 e. The molecule has 0 aromatic rings. The minimum absolute atomic E-state index is 0.368. The van der Waals surface area contributed by atoms with E-state index in [0.29, 0.717) is 24.4 Å². The van der Waals surface area contributed by atoms with E-state index >= 15 is 0 Å². The molecule has 2 unspecified atom stereocenters. The van der Waals surface area contributed by atoms with Gasteiger partial charge in [0.05, 0.1) is 5.76 Å². The zero-order valence-electron chi connectivity index (χ0n) is 15.6. The molecule has 0 saturated carbocycles. The zero-order valence-corrected chi connectivity index (χ0v) is 15.6. The Bertz CT molecular complexity index is 699. The third-order valence-electron chi connectivity index (χ3n) is 3.69. The van der Waals surface area contributed by atoms with Crippen LogP contribution < -0.4 is 10.6 Å². The van der Waals surface area contributed by atoms with Crippen molar-refractivity contribution in [3.63, 3.8) is 0 Å². The first kappa shape index (κ1) is 21.1. The second-order valence-electron chi connectivity index (χ2n) is 5.83. The molecule has 0 aliphatic carbocycles. The van der Waals surface area contributed by atoms with Crippen molar-refractivity contribution in [2.24, 2.45) is 5.92 Å². The predicted molar refractivity (Wildman–Crippen MR) is 102 cm³/mol. The van der Waals surface area contributed by atoms with E-state index in [9.17, 15) is 9.59 Å². The first-order chi connectivity index (χ1) is 12.5. The van der Waals surface area contributed by atoms with Crippen LogP contribution in [0.15, 0.2) is 35.8 Å². The van der Waals surface area contributed by atoms with Gasteiger partial charge in [-0.3, -0.25) is 10.1 Å². The highest BCUT2D eigenvalue weighted by atomic mass is 16.5. The number of urea groups is 1. The van der Waals surface area contributed by atoms with Gasteiger partial charge >= 0.3 is 6.03 Å². The van der Waals surface area contributed by atoms with E-state index in [0.717, 1.165) is 12.8 Å². The standard InChI is InChI=1S/C21H26N2O3/c1-5-8-9-10-15-18(12-6-2)26-16(4)13-11-14-17(7-3)19-20(24)23-21(25)22-19/h3,9-10,13,15,17,19H,5,8,11,14H2,1-2,4H3,(H2,22,23,24,25)/b10-9-,16-13+,18-15+. The summed E-state index contributed by atoms with van der Waals surface area (Å²) in [4.78, 5) is 22.9. The summed E-state index contributed by atoms with van der Waals surface area (Å²) in [5, 5.41) is 4.74. The van der Waals surface area contributed by atoms with Crippen molar-refractivity contribution >= 4 is 11.9 Å². The lowest BCUT2D eigenvalue weighted by Gasteiger charge is -2.14. The molecule has 0 aromatic heterocycles. The average Bonchev–Trinajstić information content (AvgIpc) is 2.94. The fourth-order valence-electron chi connectivity index (χ4n) is 2.39. The summed E-state index contributed by atoms with van der Waals surface area (Å²) >= 11 is 0. The number of ether oxygens (including phenoxy) is 1. The van der Waals surface area contributed by atoms with Crippen molar-refractivity contribution in [3.05, 3.63) is 35.8 Å². The van der Waals surface area contributed by atoms with Crippen molar-refractivity contribution < 1.29 is 14.3 Å². The quantitative estimate of drug-likeness (QED) is 0.289. The molecule has 3 amide bonds. The van der Waals surface area contributed by atoms with Crippen LogP contribution in [0.5, 0.6) is 0 Å². The number of amides is 3. The molecule has 2 atom stereocenters. The lowest BCUT2D eigenvalue weighted by molar-refractivity contribution is -0.120. The van der Waals surface area contributed by atoms with Gasteiger partial charge in [0.1, 0.15) is 6.04 Å². The van der Waals surface area contributed by atoms with Gasteiger partial charge in [0.15, 0.2) is 5.76 Å². The molecule has 1 aliphatic heterocycles. The maximum absolute atomic E-state index is 11.7. The van der Waals surface area contributed by atoms with Crippen LogP contribution in [0.1, 0.15) is 46.5 Å². The van der Waals surface area contributed by atoms with E-state index < -0.39 is 12.1 Å². The third kappa shape index (κ3) is 7.32. The van der Waals surface area contributed by atoms with Gasteiger partial charge in [-0.25, -0.2) is 4.79 Å². The monoisotopic (exact) mass is 354 g/mol. The molecule has 0 aromatic carbocycles. The number of imide groups is 1. The first-order valence-electron chi connectivity index (χ1n) is 8.73. The molecule has 1 saturated heterocycles. The van der Waals surface area contributed by atoms with Gasteiger partial charge in [0.2, 0.25) is 0 Å². The van der Waals surface area contributed by atoms with Crippen LogP contribution in [0.25, 0.3) is 0 Å². The number of rotatable bonds is 9. The minimum atomic E-state index is -0.674. The van der Waals surface area contributed by atoms with Crippen LogP contribution in [0.2, 0.25) is 0 Å². The number of hydrogen-bond acceptors (Lipinski definition) is 3. The van der Waals surface area contributed by atoms with E-state index in [4.69, 9.17) is 11.2 Å². The Kier molecular flexibility index (Phi) is 9.43. The van der Waals surface area contributed by atoms with Gasteiger partial charge in [-0.05, 0) is 51.2 Å². The molecule has 26 heavy (non-hydrogen) atoms. The van der Waals surface area contributed by atoms with Crippen molar-refractivity contribution in [2.75, 3.05) is 0 Å². The second-order valence-corrected chi connectivity index (χ2v) is 5.83. The molecule has 138 valence electrons. The van der Waals surface area contributed by atoms with Crippen molar-refractivity contribution in [1.29, 1.82) is 0 Å². The molecule has 2 N–H and O–H groups in total. The molecule has 0 bridgehead atoms. The highest BCUT2D eigenvalue weighted by Gasteiger charge is 2.34. The molecule has 5 nitrogen and oxygen atoms in total. The number of carbonyl (C=O) groups excluding carboxylic acids is 2. The second kappa shape index (κ2) is 11.6. The van der Waals surface area contributed by atoms with Crippen LogP contribution >= 0.6 is 0 Å². The van der Waals surface area contributed by atoms with Crippen LogP contribution in [0.3, 0.4) is 0 Å². The summed E-state index contributed by atoms with van der Waals surface area (Å²) in [5.41, 5.74) is 0. The van der Waals surface area contributed by atoms with Gasteiger partial charge in [-0.15, -0.1) is 12.3 Å². The van der Waals surface area contributed by atoms with Gasteiger partial charge < -0.3 is 10.1 Å². The molecular formula is C21H26N2O3. The van der Waals surface area contributed by atoms with E-state index in [1.54, 1.807) is 6.92 Å². The summed E-state index contributed by atoms with van der Waals surface area (Å²) in [7, 11) is 0. The van der Waals surface area contributed by atoms with Gasteiger partial charge in [0, 0.05) is 5.92 Å². The topological polar surface area (TPSA) is 67.4 Å². The summed E-state index contributed by atoms with van der Waals surface area (Å²) in [6, 6.07) is -1.17. The molecule has 5 heteroatoms. The van der Waals surface area contributed by atoms with E-state index in [-0.39, 0.29) is 11.8 Å². The highest BCUT2D eigenvalue weighted by Crippen LogP contribution is 2.16. The Morgan fingerprint density at radius 3 is 2.73 bits per heavy atom. The summed E-state index contributed by atoms with van der Waals surface area (Å²) in [5.74, 6) is 8.86. The SMILES string of the molecule is C#CC(CC/C=C(\C)O/C(C#CC)=C/C=C\CCC)C1NC(=O)NC1=O. The van der Waals surface area contributed by atoms with Crippen molar-refractivity contribution in [3.8, 4) is 24.2 Å². The molecule has 1 fully saturated rings. The lowest BCUT2D eigenvalue weighted by atomic mass is 9.95. The molecule has 0 spiro atoms. The van der Waals surface area contributed by atoms with E-state index in [1.165, 1.54) is 0 Å². The molecule has 0 radical (unpaired) electrons. The molecule has 1 heterocycles. The van der Waals surface area contributed by atoms with Gasteiger partial charge in [-0.1, -0.05) is 31.4 Å². The minimum Gasteiger partial charge on any atom is -0.453 e. The van der Waals surface area contributed by atoms with E-state index in [2.05, 4.69) is 41.4 Å². The van der Waals surface area contributed by atoms with Gasteiger partial charge in [0.25, 0.3) is 5.91 Å². The molecule has 1 rings (SSSR count). The third-order valence-corrected chi connectivity index (χ3v) is 3.69. The maximum Gasteiger partial charge on any atom is 0.322 e. The van der Waals surface area contributed by atoms with E-state index in [1.807, 2.05) is 25.2 Å². The Hall–Kier alpha value is -2.92. The Morgan fingerprint density at radius 1 is 1.38 bits per heavy atom. The highest BCUT2D eigenvalue weighted by molar-refractivity contribution is 6.04. The summed E-state index contributed by atoms with van der Waals surface area (Å²) < 4.78 is 5.75. The first-order valence-corrected chi connectivity index (χ1v) is 8.73. The van der Waals surface area contributed by atoms with Crippen LogP contribution in [0.4, 0.5) is 4.79 Å². The average molecular weight is 354 g/mol. The smallest absolute Gasteiger partial charge is 0.322 e. The fraction of sp³-hybridized carbons (Fsp3) is 0.429. The number of nitrogens with one attached hydrogen (secondary N) is 2. The number of unbranched alkanes of at least 4 members (excludes halogenated alkanes) is 1. The number of terminal acetylenes is 1. The number of carbonyl (C=O) groups is 2. The normalized spacial score (nSPS) is 18.6. The van der Waals surface area contributed by atoms with Crippen molar-refractivity contribution in [2.45, 2.75) is 52.5 Å². The predicted octanol–water partition coefficient (Wildman–Crippen LogP) is 3.41. The maximum atomic E-state index is 11.7. The molecular weight excluding hydrogens is 328 g/mol. The Labute approximate surface area is 155 Å². The fourth-order valence-corrected chi connectivity index (χ4v) is 2.39. The summed E-state index contributed by atoms with van der Waals surface area (Å²) in [6.45, 7) is 5.72. The zero-order chi connectivity index (χ0) is 19.4. The molecule has 1 aliphatic rings. The van der Waals surface area contributed by atoms with Crippen molar-refractivity contribution in [1.82, 2.24) is 10.6 Å². The lowest BCUT2D eigenvalue weighted by Crippen LogP contribution is -2.36. The van der Waals surface area contributed by atoms with Crippen LogP contribution in [-0.4, -0.2) is 18.0 Å². The van der Waals surface area contributed by atoms with Gasteiger partial charge in [-0.2, -0.15) is 0 Å². The number of hydrogen-bond donors (Lipinski definition) is 2. The Balaban J connectivity index is 2.60. The Morgan fingerprint density at radius 2 is 2.15 bits per heavy atom. The number of allylic oxidation sites excluding steroid dienone is 6. The van der Waals surface area contributed by atoms with Crippen LogP contribution in [-0.2, 0) is 9.53 Å². The summed E-state index contributed by atoms with van der Waals surface area (Å²) in [6.07, 6.45) is 16.5. The van der Waals surface area contributed by atoms with Crippen LogP contribution in [0, 0.1) is 30.1 Å².